The molecule has 7 nitrogen and oxygen atoms in total. The van der Waals surface area contributed by atoms with Crippen LogP contribution in [0.25, 0.3) is 5.57 Å². The van der Waals surface area contributed by atoms with E-state index in [2.05, 4.69) is 44.3 Å². The standard InChI is InChI=1S/C14H19NO.C6H14O5/c1-5-16-11-6-7-13-12(8-11)10(2)9-14(3,4)15-13;7-1-5(9)3-11-4-6(10)2-8/h6-9,15H,5H2,1-4H3;5-10H,1-4H2. The van der Waals surface area contributed by atoms with E-state index in [1.54, 1.807) is 0 Å². The van der Waals surface area contributed by atoms with Gasteiger partial charge in [-0.1, -0.05) is 6.08 Å². The van der Waals surface area contributed by atoms with E-state index >= 15 is 0 Å². The zero-order valence-electron chi connectivity index (χ0n) is 16.6. The molecule has 0 aromatic heterocycles. The number of anilines is 1. The highest BCUT2D eigenvalue weighted by atomic mass is 16.5. The molecule has 1 aliphatic rings. The fourth-order valence-electron chi connectivity index (χ4n) is 2.66. The van der Waals surface area contributed by atoms with Crippen LogP contribution in [0.4, 0.5) is 5.69 Å². The minimum Gasteiger partial charge on any atom is -0.494 e. The van der Waals surface area contributed by atoms with Crippen molar-refractivity contribution in [3.63, 3.8) is 0 Å². The second-order valence-corrected chi connectivity index (χ2v) is 7.02. The largest absolute Gasteiger partial charge is 0.494 e. The zero-order chi connectivity index (χ0) is 20.4. The highest BCUT2D eigenvalue weighted by molar-refractivity contribution is 5.80. The Morgan fingerprint density at radius 1 is 1.07 bits per heavy atom. The van der Waals surface area contributed by atoms with Gasteiger partial charge in [-0.05, 0) is 51.5 Å². The lowest BCUT2D eigenvalue weighted by Crippen LogP contribution is -2.31. The van der Waals surface area contributed by atoms with Crippen molar-refractivity contribution >= 4 is 11.3 Å². The zero-order valence-corrected chi connectivity index (χ0v) is 16.6. The molecule has 0 bridgehead atoms. The monoisotopic (exact) mass is 383 g/mol. The molecule has 5 N–H and O–H groups in total. The number of nitrogens with one attached hydrogen (secondary N) is 1. The number of ether oxygens (including phenoxy) is 2. The third-order valence-corrected chi connectivity index (χ3v) is 3.80. The number of fused-ring (bicyclic) bond motifs is 1. The summed E-state index contributed by atoms with van der Waals surface area (Å²) in [6.45, 7) is 8.42. The van der Waals surface area contributed by atoms with E-state index in [1.165, 1.54) is 16.8 Å². The molecule has 0 amide bonds. The summed E-state index contributed by atoms with van der Waals surface area (Å²) in [5, 5.41) is 37.6. The lowest BCUT2D eigenvalue weighted by Gasteiger charge is -2.31. The minimum absolute atomic E-state index is 0.0320. The Kier molecular flexibility index (Phi) is 9.76. The van der Waals surface area contributed by atoms with Crippen LogP contribution in [0.3, 0.4) is 0 Å². The van der Waals surface area contributed by atoms with Crippen LogP contribution in [-0.4, -0.2) is 71.2 Å². The van der Waals surface area contributed by atoms with Gasteiger partial charge in [-0.2, -0.15) is 0 Å². The van der Waals surface area contributed by atoms with E-state index in [9.17, 15) is 0 Å². The molecular formula is C20H33NO6. The van der Waals surface area contributed by atoms with Crippen molar-refractivity contribution < 1.29 is 29.9 Å². The number of benzene rings is 1. The maximum Gasteiger partial charge on any atom is 0.120 e. The molecule has 0 spiro atoms. The Bertz CT molecular complexity index is 592. The summed E-state index contributed by atoms with van der Waals surface area (Å²) in [6.07, 6.45) is 0.423. The van der Waals surface area contributed by atoms with Crippen molar-refractivity contribution in [1.82, 2.24) is 0 Å². The first-order valence-electron chi connectivity index (χ1n) is 9.12. The fourth-order valence-corrected chi connectivity index (χ4v) is 2.66. The summed E-state index contributed by atoms with van der Waals surface area (Å²) in [4.78, 5) is 0. The Labute approximate surface area is 161 Å². The fraction of sp³-hybridized carbons (Fsp3) is 0.600. The van der Waals surface area contributed by atoms with Gasteiger partial charge in [-0.25, -0.2) is 0 Å². The summed E-state index contributed by atoms with van der Waals surface area (Å²) < 4.78 is 10.2. The van der Waals surface area contributed by atoms with Gasteiger partial charge in [0.25, 0.3) is 0 Å². The van der Waals surface area contributed by atoms with Gasteiger partial charge in [0.05, 0.1) is 38.6 Å². The summed E-state index contributed by atoms with van der Waals surface area (Å²) in [5.41, 5.74) is 3.77. The molecular weight excluding hydrogens is 350 g/mol. The SMILES string of the molecule is CCOc1ccc2c(c1)C(C)=CC(C)(C)N2.OCC(O)COCC(O)CO. The Balaban J connectivity index is 0.000000293. The van der Waals surface area contributed by atoms with Gasteiger partial charge >= 0.3 is 0 Å². The number of hydrogen-bond donors (Lipinski definition) is 5. The van der Waals surface area contributed by atoms with E-state index in [-0.39, 0.29) is 32.0 Å². The molecule has 1 aromatic carbocycles. The van der Waals surface area contributed by atoms with Gasteiger partial charge in [-0.3, -0.25) is 0 Å². The highest BCUT2D eigenvalue weighted by Gasteiger charge is 2.22. The molecule has 1 aromatic rings. The third kappa shape index (κ3) is 8.28. The van der Waals surface area contributed by atoms with Crippen molar-refractivity contribution in [3.8, 4) is 5.75 Å². The van der Waals surface area contributed by atoms with E-state index < -0.39 is 12.2 Å². The maximum absolute atomic E-state index is 8.72. The average Bonchev–Trinajstić information content (AvgIpc) is 2.62. The van der Waals surface area contributed by atoms with Gasteiger partial charge in [0.15, 0.2) is 0 Å². The van der Waals surface area contributed by atoms with Crippen LogP contribution in [-0.2, 0) is 4.74 Å². The van der Waals surface area contributed by atoms with Crippen LogP contribution in [0.1, 0.15) is 33.3 Å². The molecule has 2 atom stereocenters. The van der Waals surface area contributed by atoms with Crippen molar-refractivity contribution in [2.24, 2.45) is 0 Å². The van der Waals surface area contributed by atoms with E-state index in [0.29, 0.717) is 6.61 Å². The minimum atomic E-state index is -0.916. The summed E-state index contributed by atoms with van der Waals surface area (Å²) in [6, 6.07) is 6.22. The average molecular weight is 383 g/mol. The third-order valence-electron chi connectivity index (χ3n) is 3.80. The molecule has 1 aliphatic heterocycles. The molecule has 7 heteroatoms. The summed E-state index contributed by atoms with van der Waals surface area (Å²) in [5.74, 6) is 0.940. The lowest BCUT2D eigenvalue weighted by molar-refractivity contribution is -0.0364. The summed E-state index contributed by atoms with van der Waals surface area (Å²) in [7, 11) is 0. The second kappa shape index (κ2) is 11.3. The molecule has 1 heterocycles. The molecule has 27 heavy (non-hydrogen) atoms. The normalized spacial score (nSPS) is 16.8. The molecule has 0 saturated heterocycles. The van der Waals surface area contributed by atoms with Crippen molar-refractivity contribution in [3.05, 3.63) is 29.8 Å². The predicted molar refractivity (Wildman–Crippen MR) is 106 cm³/mol. The van der Waals surface area contributed by atoms with Crippen LogP contribution in [0.5, 0.6) is 5.75 Å². The number of hydrogen-bond acceptors (Lipinski definition) is 7. The van der Waals surface area contributed by atoms with Crippen molar-refractivity contribution in [2.75, 3.05) is 38.4 Å². The van der Waals surface area contributed by atoms with Gasteiger partial charge < -0.3 is 35.2 Å². The van der Waals surface area contributed by atoms with Gasteiger partial charge in [-0.15, -0.1) is 0 Å². The van der Waals surface area contributed by atoms with Gasteiger partial charge in [0.2, 0.25) is 0 Å². The van der Waals surface area contributed by atoms with Crippen molar-refractivity contribution in [2.45, 2.75) is 45.4 Å². The first-order valence-corrected chi connectivity index (χ1v) is 9.12. The van der Waals surface area contributed by atoms with E-state index in [0.717, 1.165) is 5.75 Å². The summed E-state index contributed by atoms with van der Waals surface area (Å²) >= 11 is 0. The van der Waals surface area contributed by atoms with Crippen LogP contribution in [0.2, 0.25) is 0 Å². The number of rotatable bonds is 8. The second-order valence-electron chi connectivity index (χ2n) is 7.02. The molecule has 0 fully saturated rings. The molecule has 0 radical (unpaired) electrons. The lowest BCUT2D eigenvalue weighted by atomic mass is 9.91. The quantitative estimate of drug-likeness (QED) is 0.461. The predicted octanol–water partition coefficient (Wildman–Crippen LogP) is 1.40. The van der Waals surface area contributed by atoms with Gasteiger partial charge in [0, 0.05) is 11.3 Å². The molecule has 0 saturated carbocycles. The molecule has 0 aliphatic carbocycles. The Hall–Kier alpha value is -1.64. The number of aliphatic hydroxyl groups is 4. The molecule has 2 unspecified atom stereocenters. The first kappa shape index (κ1) is 23.4. The van der Waals surface area contributed by atoms with E-state index in [4.69, 9.17) is 29.9 Å². The van der Waals surface area contributed by atoms with Crippen LogP contribution >= 0.6 is 0 Å². The van der Waals surface area contributed by atoms with Crippen molar-refractivity contribution in [1.29, 1.82) is 0 Å². The van der Waals surface area contributed by atoms with Gasteiger partial charge in [0.1, 0.15) is 18.0 Å². The van der Waals surface area contributed by atoms with Crippen LogP contribution < -0.4 is 10.1 Å². The highest BCUT2D eigenvalue weighted by Crippen LogP contribution is 2.35. The smallest absolute Gasteiger partial charge is 0.120 e. The van der Waals surface area contributed by atoms with Crippen LogP contribution in [0, 0.1) is 0 Å². The number of allylic oxidation sites excluding steroid dienone is 1. The number of aliphatic hydroxyl groups excluding tert-OH is 4. The van der Waals surface area contributed by atoms with E-state index in [1.807, 2.05) is 13.0 Å². The molecule has 2 rings (SSSR count). The Morgan fingerprint density at radius 3 is 2.19 bits per heavy atom. The Morgan fingerprint density at radius 2 is 1.67 bits per heavy atom. The maximum atomic E-state index is 8.72. The van der Waals surface area contributed by atoms with Crippen LogP contribution in [0.15, 0.2) is 24.3 Å². The first-order chi connectivity index (χ1) is 12.7. The topological polar surface area (TPSA) is 111 Å². The molecule has 154 valence electrons.